The lowest BCUT2D eigenvalue weighted by Crippen LogP contribution is -2.25. The predicted octanol–water partition coefficient (Wildman–Crippen LogP) is 2.83. The van der Waals surface area contributed by atoms with Gasteiger partial charge in [0.1, 0.15) is 0 Å². The van der Waals surface area contributed by atoms with Gasteiger partial charge < -0.3 is 10.2 Å². The van der Waals surface area contributed by atoms with Gasteiger partial charge in [-0.25, -0.2) is 0 Å². The minimum absolute atomic E-state index is 1.06. The van der Waals surface area contributed by atoms with Gasteiger partial charge >= 0.3 is 0 Å². The molecule has 84 valence electrons. The average molecular weight is 206 g/mol. The quantitative estimate of drug-likeness (QED) is 0.690. The van der Waals surface area contributed by atoms with Crippen molar-refractivity contribution in [2.24, 2.45) is 0 Å². The number of nitrogens with zero attached hydrogens (tertiary/aromatic N) is 1. The zero-order valence-corrected chi connectivity index (χ0v) is 9.87. The van der Waals surface area contributed by atoms with Gasteiger partial charge in [-0.2, -0.15) is 0 Å². The normalized spacial score (nSPS) is 10.6. The average Bonchev–Trinajstić information content (AvgIpc) is 2.31. The van der Waals surface area contributed by atoms with Gasteiger partial charge in [-0.3, -0.25) is 0 Å². The largest absolute Gasteiger partial charge is 0.385 e. The van der Waals surface area contributed by atoms with Crippen molar-refractivity contribution in [2.45, 2.75) is 20.3 Å². The van der Waals surface area contributed by atoms with Gasteiger partial charge in [0.25, 0.3) is 0 Å². The van der Waals surface area contributed by atoms with Gasteiger partial charge in [-0.1, -0.05) is 32.0 Å². The van der Waals surface area contributed by atoms with Crippen LogP contribution in [0.3, 0.4) is 0 Å². The third kappa shape index (κ3) is 4.84. The van der Waals surface area contributed by atoms with Crippen molar-refractivity contribution < 1.29 is 0 Å². The molecule has 0 aliphatic heterocycles. The lowest BCUT2D eigenvalue weighted by atomic mass is 10.3. The molecule has 0 radical (unpaired) electrons. The van der Waals surface area contributed by atoms with Crippen LogP contribution in [0.2, 0.25) is 0 Å². The number of nitrogens with one attached hydrogen (secondary N) is 1. The molecule has 1 aromatic carbocycles. The van der Waals surface area contributed by atoms with E-state index in [2.05, 4.69) is 48.3 Å². The molecule has 0 aromatic heterocycles. The number of benzene rings is 1. The van der Waals surface area contributed by atoms with E-state index in [4.69, 9.17) is 0 Å². The summed E-state index contributed by atoms with van der Waals surface area (Å²) in [5.41, 5.74) is 1.22. The Morgan fingerprint density at radius 3 is 2.33 bits per heavy atom. The second kappa shape index (κ2) is 7.30. The van der Waals surface area contributed by atoms with E-state index in [0.29, 0.717) is 0 Å². The third-order valence-electron chi connectivity index (χ3n) is 2.65. The van der Waals surface area contributed by atoms with Crippen LogP contribution in [-0.2, 0) is 0 Å². The highest BCUT2D eigenvalue weighted by molar-refractivity contribution is 5.42. The zero-order chi connectivity index (χ0) is 10.9. The lowest BCUT2D eigenvalue weighted by molar-refractivity contribution is 0.303. The molecule has 0 aliphatic carbocycles. The first-order valence-corrected chi connectivity index (χ1v) is 5.88. The molecule has 0 fully saturated rings. The maximum absolute atomic E-state index is 3.42. The van der Waals surface area contributed by atoms with Crippen LogP contribution in [0.15, 0.2) is 30.3 Å². The van der Waals surface area contributed by atoms with E-state index in [9.17, 15) is 0 Å². The smallest absolute Gasteiger partial charge is 0.0340 e. The molecule has 0 saturated heterocycles. The standard InChI is InChI=1S/C13H22N2/c1-3-15(4-2)12-8-11-14-13-9-6-5-7-10-13/h5-7,9-10,14H,3-4,8,11-12H2,1-2H3. The van der Waals surface area contributed by atoms with Gasteiger partial charge in [-0.15, -0.1) is 0 Å². The van der Waals surface area contributed by atoms with Crippen LogP contribution in [0.4, 0.5) is 5.69 Å². The molecule has 0 amide bonds. The van der Waals surface area contributed by atoms with E-state index in [1.165, 1.54) is 18.7 Å². The second-order valence-corrected chi connectivity index (χ2v) is 3.67. The first-order valence-electron chi connectivity index (χ1n) is 5.88. The zero-order valence-electron chi connectivity index (χ0n) is 9.87. The molecule has 0 heterocycles. The van der Waals surface area contributed by atoms with Gasteiger partial charge in [-0.05, 0) is 38.2 Å². The summed E-state index contributed by atoms with van der Waals surface area (Å²) in [5, 5.41) is 3.42. The Kier molecular flexibility index (Phi) is 5.86. The minimum Gasteiger partial charge on any atom is -0.385 e. The van der Waals surface area contributed by atoms with Crippen molar-refractivity contribution in [3.8, 4) is 0 Å². The number of hydrogen-bond acceptors (Lipinski definition) is 2. The first kappa shape index (κ1) is 12.1. The Morgan fingerprint density at radius 1 is 1.07 bits per heavy atom. The number of para-hydroxylation sites is 1. The minimum atomic E-state index is 1.06. The van der Waals surface area contributed by atoms with E-state index in [-0.39, 0.29) is 0 Å². The van der Waals surface area contributed by atoms with Crippen molar-refractivity contribution in [1.29, 1.82) is 0 Å². The molecule has 0 aliphatic rings. The van der Waals surface area contributed by atoms with Gasteiger partial charge in [0.15, 0.2) is 0 Å². The molecule has 1 aromatic rings. The molecule has 1 rings (SSSR count). The van der Waals surface area contributed by atoms with Crippen LogP contribution < -0.4 is 5.32 Å². The molecule has 0 spiro atoms. The Labute approximate surface area is 93.3 Å². The number of rotatable bonds is 7. The molecule has 15 heavy (non-hydrogen) atoms. The Morgan fingerprint density at radius 2 is 1.73 bits per heavy atom. The first-order chi connectivity index (χ1) is 7.36. The molecular weight excluding hydrogens is 184 g/mol. The fourth-order valence-electron chi connectivity index (χ4n) is 1.63. The fraction of sp³-hybridized carbons (Fsp3) is 0.538. The lowest BCUT2D eigenvalue weighted by Gasteiger charge is -2.17. The maximum atomic E-state index is 3.42. The van der Waals surface area contributed by atoms with E-state index in [1.807, 2.05) is 6.07 Å². The van der Waals surface area contributed by atoms with E-state index in [1.54, 1.807) is 0 Å². The van der Waals surface area contributed by atoms with Crippen molar-refractivity contribution in [3.63, 3.8) is 0 Å². The SMILES string of the molecule is CCN(CC)CCCNc1ccccc1. The van der Waals surface area contributed by atoms with Crippen molar-refractivity contribution in [3.05, 3.63) is 30.3 Å². The fourth-order valence-corrected chi connectivity index (χ4v) is 1.63. The maximum Gasteiger partial charge on any atom is 0.0340 e. The van der Waals surface area contributed by atoms with Gasteiger partial charge in [0.2, 0.25) is 0 Å². The van der Waals surface area contributed by atoms with Gasteiger partial charge in [0, 0.05) is 12.2 Å². The van der Waals surface area contributed by atoms with Crippen molar-refractivity contribution in [1.82, 2.24) is 4.90 Å². The summed E-state index contributed by atoms with van der Waals surface area (Å²) in [4.78, 5) is 2.45. The number of anilines is 1. The Bertz CT molecular complexity index is 242. The molecule has 2 nitrogen and oxygen atoms in total. The summed E-state index contributed by atoms with van der Waals surface area (Å²) in [5.74, 6) is 0. The van der Waals surface area contributed by atoms with Crippen LogP contribution in [0.1, 0.15) is 20.3 Å². The van der Waals surface area contributed by atoms with Crippen LogP contribution in [0.5, 0.6) is 0 Å². The molecule has 0 saturated carbocycles. The van der Waals surface area contributed by atoms with E-state index >= 15 is 0 Å². The van der Waals surface area contributed by atoms with Crippen LogP contribution in [-0.4, -0.2) is 31.1 Å². The molecule has 0 bridgehead atoms. The molecular formula is C13H22N2. The topological polar surface area (TPSA) is 15.3 Å². The summed E-state index contributed by atoms with van der Waals surface area (Å²) in [6.07, 6.45) is 1.20. The van der Waals surface area contributed by atoms with E-state index < -0.39 is 0 Å². The summed E-state index contributed by atoms with van der Waals surface area (Å²) in [6.45, 7) is 8.99. The molecule has 2 heteroatoms. The summed E-state index contributed by atoms with van der Waals surface area (Å²) in [6, 6.07) is 10.4. The van der Waals surface area contributed by atoms with Crippen LogP contribution in [0, 0.1) is 0 Å². The Hall–Kier alpha value is -1.02. The third-order valence-corrected chi connectivity index (χ3v) is 2.65. The van der Waals surface area contributed by atoms with Crippen molar-refractivity contribution >= 4 is 5.69 Å². The van der Waals surface area contributed by atoms with Gasteiger partial charge in [0.05, 0.1) is 0 Å². The highest BCUT2D eigenvalue weighted by Gasteiger charge is 1.97. The molecule has 0 atom stereocenters. The van der Waals surface area contributed by atoms with Crippen LogP contribution in [0.25, 0.3) is 0 Å². The summed E-state index contributed by atoms with van der Waals surface area (Å²) < 4.78 is 0. The van der Waals surface area contributed by atoms with E-state index in [0.717, 1.165) is 19.6 Å². The predicted molar refractivity (Wildman–Crippen MR) is 67.3 cm³/mol. The highest BCUT2D eigenvalue weighted by Crippen LogP contribution is 2.04. The second-order valence-electron chi connectivity index (χ2n) is 3.67. The monoisotopic (exact) mass is 206 g/mol. The highest BCUT2D eigenvalue weighted by atomic mass is 15.1. The molecule has 0 unspecified atom stereocenters. The summed E-state index contributed by atoms with van der Waals surface area (Å²) in [7, 11) is 0. The molecule has 1 N–H and O–H groups in total. The number of hydrogen-bond donors (Lipinski definition) is 1. The summed E-state index contributed by atoms with van der Waals surface area (Å²) >= 11 is 0. The van der Waals surface area contributed by atoms with Crippen molar-refractivity contribution in [2.75, 3.05) is 31.5 Å². The Balaban J connectivity index is 2.12. The van der Waals surface area contributed by atoms with Crippen LogP contribution >= 0.6 is 0 Å².